The standard InChI is InChI=1S/C30H49N3O/c1-23(2)21-31-14-16-33(17-15-31)28-9-8-25(32-12-10-26(34-7)11-13-32)18-27(28)24-19-29(3,4)22-30(5,6)20-24/h8-9,18-19,23,26H,10-17,20-22H2,1-7H3. The van der Waals surface area contributed by atoms with Crippen molar-refractivity contribution in [3.63, 3.8) is 0 Å². The van der Waals surface area contributed by atoms with Crippen LogP contribution < -0.4 is 9.80 Å². The van der Waals surface area contributed by atoms with Gasteiger partial charge in [0.1, 0.15) is 0 Å². The topological polar surface area (TPSA) is 19.0 Å². The number of methoxy groups -OCH3 is 1. The molecule has 2 aliphatic heterocycles. The van der Waals surface area contributed by atoms with E-state index in [-0.39, 0.29) is 5.41 Å². The fraction of sp³-hybridized carbons (Fsp3) is 0.733. The molecule has 0 radical (unpaired) electrons. The van der Waals surface area contributed by atoms with E-state index in [1.807, 2.05) is 7.11 Å². The van der Waals surface area contributed by atoms with Crippen molar-refractivity contribution in [1.82, 2.24) is 4.90 Å². The zero-order valence-electron chi connectivity index (χ0n) is 23.0. The molecule has 0 aromatic heterocycles. The van der Waals surface area contributed by atoms with E-state index in [1.165, 1.54) is 43.0 Å². The van der Waals surface area contributed by atoms with Gasteiger partial charge in [-0.2, -0.15) is 0 Å². The molecule has 34 heavy (non-hydrogen) atoms. The zero-order chi connectivity index (χ0) is 24.5. The predicted molar refractivity (Wildman–Crippen MR) is 147 cm³/mol. The molecular weight excluding hydrogens is 418 g/mol. The van der Waals surface area contributed by atoms with Crippen LogP contribution in [0.3, 0.4) is 0 Å². The minimum absolute atomic E-state index is 0.233. The molecule has 2 fully saturated rings. The number of hydrogen-bond acceptors (Lipinski definition) is 4. The van der Waals surface area contributed by atoms with Gasteiger partial charge in [0.25, 0.3) is 0 Å². The van der Waals surface area contributed by atoms with Crippen LogP contribution in [0.5, 0.6) is 0 Å². The Balaban J connectivity index is 1.64. The summed E-state index contributed by atoms with van der Waals surface area (Å²) in [5, 5.41) is 0. The Labute approximate surface area is 209 Å². The van der Waals surface area contributed by atoms with Crippen molar-refractivity contribution >= 4 is 16.9 Å². The summed E-state index contributed by atoms with van der Waals surface area (Å²) in [4.78, 5) is 7.87. The molecule has 0 spiro atoms. The lowest BCUT2D eigenvalue weighted by Gasteiger charge is -2.42. The average molecular weight is 468 g/mol. The van der Waals surface area contributed by atoms with Gasteiger partial charge < -0.3 is 14.5 Å². The highest BCUT2D eigenvalue weighted by molar-refractivity contribution is 5.81. The van der Waals surface area contributed by atoms with E-state index in [2.05, 4.69) is 80.5 Å². The number of piperidine rings is 1. The van der Waals surface area contributed by atoms with Gasteiger partial charge in [0.05, 0.1) is 6.10 Å². The highest BCUT2D eigenvalue weighted by Gasteiger charge is 2.35. The molecule has 0 atom stereocenters. The predicted octanol–water partition coefficient (Wildman–Crippen LogP) is 6.31. The number of allylic oxidation sites excluding steroid dienone is 2. The Hall–Kier alpha value is -1.52. The maximum Gasteiger partial charge on any atom is 0.0605 e. The summed E-state index contributed by atoms with van der Waals surface area (Å²) in [6.07, 6.45) is 7.65. The van der Waals surface area contributed by atoms with Gasteiger partial charge >= 0.3 is 0 Å². The van der Waals surface area contributed by atoms with E-state index >= 15 is 0 Å². The maximum absolute atomic E-state index is 5.62. The molecule has 4 rings (SSSR count). The van der Waals surface area contributed by atoms with Gasteiger partial charge in [-0.3, -0.25) is 4.90 Å². The SMILES string of the molecule is COC1CCN(c2ccc(N3CCN(CC(C)C)CC3)c(C3=CC(C)(C)CC(C)(C)C3)c2)CC1. The van der Waals surface area contributed by atoms with E-state index in [1.54, 1.807) is 5.57 Å². The number of rotatable bonds is 6. The van der Waals surface area contributed by atoms with Crippen LogP contribution >= 0.6 is 0 Å². The van der Waals surface area contributed by atoms with E-state index in [9.17, 15) is 0 Å². The zero-order valence-corrected chi connectivity index (χ0v) is 23.0. The molecule has 0 unspecified atom stereocenters. The molecule has 190 valence electrons. The molecule has 0 bridgehead atoms. The number of anilines is 2. The van der Waals surface area contributed by atoms with Gasteiger partial charge in [-0.05, 0) is 66.2 Å². The molecule has 1 aromatic carbocycles. The summed E-state index contributed by atoms with van der Waals surface area (Å²) in [6, 6.07) is 7.33. The Kier molecular flexibility index (Phi) is 7.69. The number of benzene rings is 1. The Morgan fingerprint density at radius 3 is 2.21 bits per heavy atom. The van der Waals surface area contributed by atoms with Gasteiger partial charge in [-0.15, -0.1) is 0 Å². The van der Waals surface area contributed by atoms with Crippen LogP contribution in [0.2, 0.25) is 0 Å². The first kappa shape index (κ1) is 25.6. The third-order valence-corrected chi connectivity index (χ3v) is 7.97. The highest BCUT2D eigenvalue weighted by Crippen LogP contribution is 2.49. The Bertz CT molecular complexity index is 856. The highest BCUT2D eigenvalue weighted by atomic mass is 16.5. The minimum Gasteiger partial charge on any atom is -0.381 e. The number of nitrogens with zero attached hydrogens (tertiary/aromatic N) is 3. The van der Waals surface area contributed by atoms with Crippen LogP contribution in [0, 0.1) is 16.7 Å². The molecule has 2 heterocycles. The molecule has 3 aliphatic rings. The lowest BCUT2D eigenvalue weighted by atomic mass is 9.65. The van der Waals surface area contributed by atoms with Gasteiger partial charge in [0.15, 0.2) is 0 Å². The fourth-order valence-electron chi connectivity index (χ4n) is 6.85. The molecule has 0 amide bonds. The molecule has 2 saturated heterocycles. The number of hydrogen-bond donors (Lipinski definition) is 0. The van der Waals surface area contributed by atoms with Gasteiger partial charge in [-0.25, -0.2) is 0 Å². The monoisotopic (exact) mass is 467 g/mol. The van der Waals surface area contributed by atoms with Crippen molar-refractivity contribution in [2.24, 2.45) is 16.7 Å². The maximum atomic E-state index is 5.62. The third-order valence-electron chi connectivity index (χ3n) is 7.97. The van der Waals surface area contributed by atoms with Crippen molar-refractivity contribution in [3.8, 4) is 0 Å². The van der Waals surface area contributed by atoms with Crippen LogP contribution in [0.25, 0.3) is 5.57 Å². The lowest BCUT2D eigenvalue weighted by molar-refractivity contribution is 0.0819. The average Bonchev–Trinajstić information content (AvgIpc) is 2.77. The van der Waals surface area contributed by atoms with Crippen molar-refractivity contribution in [2.45, 2.75) is 73.3 Å². The van der Waals surface area contributed by atoms with Crippen molar-refractivity contribution in [3.05, 3.63) is 29.8 Å². The fourth-order valence-corrected chi connectivity index (χ4v) is 6.85. The van der Waals surface area contributed by atoms with E-state index in [4.69, 9.17) is 4.74 Å². The number of piperazine rings is 1. The summed E-state index contributed by atoms with van der Waals surface area (Å²) in [7, 11) is 1.85. The molecule has 4 heteroatoms. The van der Waals surface area contributed by atoms with Crippen LogP contribution in [0.15, 0.2) is 24.3 Å². The largest absolute Gasteiger partial charge is 0.381 e. The first-order valence-electron chi connectivity index (χ1n) is 13.7. The summed E-state index contributed by atoms with van der Waals surface area (Å²) in [5.41, 5.74) is 6.41. The smallest absolute Gasteiger partial charge is 0.0605 e. The van der Waals surface area contributed by atoms with Crippen LogP contribution in [-0.4, -0.2) is 63.9 Å². The number of ether oxygens (including phenoxy) is 1. The first-order valence-corrected chi connectivity index (χ1v) is 13.7. The third kappa shape index (κ3) is 6.18. The summed E-state index contributed by atoms with van der Waals surface area (Å²) in [5.74, 6) is 0.737. The second kappa shape index (κ2) is 10.2. The van der Waals surface area contributed by atoms with Crippen molar-refractivity contribution in [1.29, 1.82) is 0 Å². The quantitative estimate of drug-likeness (QED) is 0.488. The minimum atomic E-state index is 0.233. The van der Waals surface area contributed by atoms with Crippen LogP contribution in [-0.2, 0) is 4.74 Å². The van der Waals surface area contributed by atoms with Crippen molar-refractivity contribution in [2.75, 3.05) is 62.7 Å². The normalized spacial score (nSPS) is 23.9. The molecule has 4 nitrogen and oxygen atoms in total. The second-order valence-corrected chi connectivity index (χ2v) is 13.0. The van der Waals surface area contributed by atoms with Crippen molar-refractivity contribution < 1.29 is 4.74 Å². The Morgan fingerprint density at radius 2 is 1.62 bits per heavy atom. The van der Waals surface area contributed by atoms with E-state index in [0.717, 1.165) is 51.4 Å². The van der Waals surface area contributed by atoms with Gasteiger partial charge in [-0.1, -0.05) is 47.6 Å². The molecule has 0 N–H and O–H groups in total. The molecular formula is C30H49N3O. The van der Waals surface area contributed by atoms with E-state index in [0.29, 0.717) is 11.5 Å². The Morgan fingerprint density at radius 1 is 0.941 bits per heavy atom. The summed E-state index contributed by atoms with van der Waals surface area (Å²) >= 11 is 0. The molecule has 0 saturated carbocycles. The lowest BCUT2D eigenvalue weighted by Crippen LogP contribution is -2.47. The second-order valence-electron chi connectivity index (χ2n) is 13.0. The summed E-state index contributed by atoms with van der Waals surface area (Å²) < 4.78 is 5.62. The molecule has 1 aliphatic carbocycles. The van der Waals surface area contributed by atoms with Crippen LogP contribution in [0.1, 0.15) is 72.8 Å². The van der Waals surface area contributed by atoms with Gasteiger partial charge in [0, 0.05) is 69.9 Å². The molecule has 1 aromatic rings. The van der Waals surface area contributed by atoms with E-state index < -0.39 is 0 Å². The summed E-state index contributed by atoms with van der Waals surface area (Å²) in [6.45, 7) is 22.4. The van der Waals surface area contributed by atoms with Gasteiger partial charge in [0.2, 0.25) is 0 Å². The first-order chi connectivity index (χ1) is 16.0. The van der Waals surface area contributed by atoms with Crippen LogP contribution in [0.4, 0.5) is 11.4 Å².